The number of fused-ring (bicyclic) bond motifs is 8. The van der Waals surface area contributed by atoms with Crippen LogP contribution >= 0.6 is 0 Å². The predicted octanol–water partition coefficient (Wildman–Crippen LogP) is 15.9. The molecule has 0 unspecified atom stereocenters. The number of carboxylic acids is 1. The fraction of sp³-hybridized carbons (Fsp3) is 0.531. The standard InChI is InChI=1S/C28H36O7.C27H35NO7.C15H14O3.C11H20O4/c1-16(2)21(15-22(30)34-27(4,5)6)26(31)33-24-19-12-10-9-11-18(19)23-20(25(24)32-17(3)29)13-14-28(7,8)35-23;1-15(2)20(28-25(31)35-26(4,5)6)24(30)33-23-19-13-14-27(7,8)34-21(19)17-11-9-10-12-18(17)22(23)32-16(3)29;1-15(2)8-7-11-13(17)12(16)9-5-3-4-6-10(9)14(11)18-15;1-7(2)8(10(13)14)6-9(12)15-11(3,4)5/h9-12,16,21H,13-15H2,1-8H3;9-12,15,20H,13-14H2,1-8H3,(H,28,31);3-6H,7-8H2,1-2H3;7-8H,6H2,1-5H3,(H,13,14)/t21-;20-;;8-/m00.0/s1. The van der Waals surface area contributed by atoms with Gasteiger partial charge in [-0.25, -0.2) is 9.59 Å². The minimum absolute atomic E-state index is 0.0652. The molecule has 4 aliphatic rings. The fourth-order valence-electron chi connectivity index (χ4n) is 11.8. The molecule has 0 radical (unpaired) electrons. The molecule has 0 bridgehead atoms. The number of carbonyl (C=O) groups excluding carboxylic acids is 9. The van der Waals surface area contributed by atoms with Gasteiger partial charge in [-0.2, -0.15) is 0 Å². The van der Waals surface area contributed by atoms with Crippen LogP contribution in [-0.2, 0) is 70.1 Å². The predicted molar refractivity (Wildman–Crippen MR) is 388 cm³/mol. The molecular formula is C81H105NO21. The number of hydrogen-bond acceptors (Lipinski definition) is 20. The largest absolute Gasteiger partial charge is 0.487 e. The maximum absolute atomic E-state index is 13.4. The zero-order chi connectivity index (χ0) is 77.4. The molecule has 5 aromatic carbocycles. The van der Waals surface area contributed by atoms with Crippen molar-refractivity contribution in [1.82, 2.24) is 5.32 Å². The van der Waals surface area contributed by atoms with Crippen LogP contribution in [0.3, 0.4) is 0 Å². The smallest absolute Gasteiger partial charge is 0.408 e. The number of aliphatic carboxylic acids is 1. The number of alkyl carbamates (subject to hydrolysis) is 1. The molecular weight excluding hydrogens is 1320 g/mol. The number of Topliss-reactive ketones (excluding diaryl/α,β-unsaturated/α-hetero) is 2. The summed E-state index contributed by atoms with van der Waals surface area (Å²) in [5.74, 6) is -4.52. The number of esters is 6. The van der Waals surface area contributed by atoms with Gasteiger partial charge >= 0.3 is 47.9 Å². The van der Waals surface area contributed by atoms with Crippen LogP contribution in [0.1, 0.15) is 225 Å². The second kappa shape index (κ2) is 33.0. The molecule has 3 aliphatic heterocycles. The highest BCUT2D eigenvalue weighted by Gasteiger charge is 2.42. The third-order valence-corrected chi connectivity index (χ3v) is 16.9. The Balaban J connectivity index is 0.000000229. The Bertz CT molecular complexity index is 4090. The number of amides is 1. The molecule has 1 amide bonds. The first-order chi connectivity index (χ1) is 47.5. The minimum Gasteiger partial charge on any atom is -0.487 e. The van der Waals surface area contributed by atoms with Crippen molar-refractivity contribution < 1.29 is 100 Å². The molecule has 0 spiro atoms. The number of benzene rings is 5. The molecule has 22 nitrogen and oxygen atoms in total. The second-order valence-electron chi connectivity index (χ2n) is 32.1. The van der Waals surface area contributed by atoms with E-state index in [1.165, 1.54) is 13.8 Å². The van der Waals surface area contributed by atoms with Crippen LogP contribution in [0.15, 0.2) is 78.4 Å². The lowest BCUT2D eigenvalue weighted by atomic mass is 9.82. The van der Waals surface area contributed by atoms with Gasteiger partial charge in [0.1, 0.15) is 56.9 Å². The van der Waals surface area contributed by atoms with Crippen molar-refractivity contribution in [3.63, 3.8) is 0 Å². The molecule has 22 heteroatoms. The van der Waals surface area contributed by atoms with E-state index in [-0.39, 0.29) is 59.2 Å². The number of nitrogens with one attached hydrogen (secondary N) is 1. The first-order valence-electron chi connectivity index (χ1n) is 35.1. The van der Waals surface area contributed by atoms with E-state index in [0.29, 0.717) is 82.4 Å². The summed E-state index contributed by atoms with van der Waals surface area (Å²) in [5.41, 5.74) is 0.0520. The van der Waals surface area contributed by atoms with Crippen LogP contribution in [0.25, 0.3) is 27.3 Å². The van der Waals surface area contributed by atoms with Crippen molar-refractivity contribution in [3.05, 3.63) is 101 Å². The van der Waals surface area contributed by atoms with E-state index < -0.39 is 105 Å². The van der Waals surface area contributed by atoms with Crippen LogP contribution in [0.5, 0.6) is 34.5 Å². The summed E-state index contributed by atoms with van der Waals surface area (Å²) < 4.78 is 57.4. The molecule has 1 aliphatic carbocycles. The van der Waals surface area contributed by atoms with Gasteiger partial charge in [-0.15, -0.1) is 0 Å². The summed E-state index contributed by atoms with van der Waals surface area (Å²) >= 11 is 0. The molecule has 3 heterocycles. The normalized spacial score (nSPS) is 16.3. The van der Waals surface area contributed by atoms with E-state index >= 15 is 0 Å². The summed E-state index contributed by atoms with van der Waals surface area (Å²) in [5, 5.41) is 14.2. The van der Waals surface area contributed by atoms with Gasteiger partial charge in [-0.1, -0.05) is 114 Å². The average molecular weight is 1430 g/mol. The molecule has 9 rings (SSSR count). The van der Waals surface area contributed by atoms with Gasteiger partial charge in [0.2, 0.25) is 11.6 Å². The molecule has 560 valence electrons. The molecule has 103 heavy (non-hydrogen) atoms. The molecule has 2 N–H and O–H groups in total. The first kappa shape index (κ1) is 82.6. The quantitative estimate of drug-likeness (QED) is 0.0426. The molecule has 0 aromatic heterocycles. The highest BCUT2D eigenvalue weighted by molar-refractivity contribution is 6.52. The molecule has 0 saturated carbocycles. The maximum Gasteiger partial charge on any atom is 0.408 e. The van der Waals surface area contributed by atoms with Crippen molar-refractivity contribution in [2.24, 2.45) is 29.6 Å². The zero-order valence-electron chi connectivity index (χ0n) is 64.2. The van der Waals surface area contributed by atoms with E-state index in [9.17, 15) is 47.9 Å². The summed E-state index contributed by atoms with van der Waals surface area (Å²) in [4.78, 5) is 122. The maximum atomic E-state index is 13.4. The first-order valence-corrected chi connectivity index (χ1v) is 35.1. The lowest BCUT2D eigenvalue weighted by molar-refractivity contribution is -0.160. The number of carbonyl (C=O) groups is 10. The SMILES string of the molecule is CC(=O)Oc1c(OC(=O)[C@@H](NC(=O)OC(C)(C)C)C(C)C)c2c(c3ccccc13)OC(C)(C)CC2.CC(=O)Oc1c2c(c3ccccc3c1OC(=O)[C@@H](CC(=O)OC(C)(C)C)C(C)C)OC(C)(C)CC2.CC(C)[C@H](CC(=O)OC(C)(C)C)C(=O)O.CC1(C)CCC2=C(O1)c1ccccc1C(=O)C2=O. The highest BCUT2D eigenvalue weighted by atomic mass is 16.6. The highest BCUT2D eigenvalue weighted by Crippen LogP contribution is 2.52. The summed E-state index contributed by atoms with van der Waals surface area (Å²) in [6, 6.07) is 20.9. The van der Waals surface area contributed by atoms with E-state index in [1.807, 2.05) is 104 Å². The van der Waals surface area contributed by atoms with E-state index in [1.54, 1.807) is 114 Å². The molecule has 0 fully saturated rings. The Morgan fingerprint density at radius 1 is 0.466 bits per heavy atom. The Morgan fingerprint density at radius 2 is 0.845 bits per heavy atom. The van der Waals surface area contributed by atoms with Gasteiger partial charge in [0, 0.05) is 63.2 Å². The molecule has 3 atom stereocenters. The topological polar surface area (TPSA) is 295 Å². The third-order valence-electron chi connectivity index (χ3n) is 16.9. The van der Waals surface area contributed by atoms with E-state index in [0.717, 1.165) is 22.8 Å². The van der Waals surface area contributed by atoms with Gasteiger partial charge in [0.05, 0.1) is 24.7 Å². The van der Waals surface area contributed by atoms with Crippen molar-refractivity contribution in [1.29, 1.82) is 0 Å². The third kappa shape index (κ3) is 22.6. The average Bonchev–Trinajstić information content (AvgIpc) is 0.757. The molecule has 5 aromatic rings. The number of allylic oxidation sites excluding steroid dienone is 1. The van der Waals surface area contributed by atoms with E-state index in [2.05, 4.69) is 5.32 Å². The van der Waals surface area contributed by atoms with Gasteiger partial charge < -0.3 is 57.8 Å². The lowest BCUT2D eigenvalue weighted by Crippen LogP contribution is -2.48. The van der Waals surface area contributed by atoms with Crippen molar-refractivity contribution in [3.8, 4) is 34.5 Å². The lowest BCUT2D eigenvalue weighted by Gasteiger charge is -2.36. The Labute approximate surface area is 604 Å². The van der Waals surface area contributed by atoms with Gasteiger partial charge in [-0.3, -0.25) is 38.4 Å². The minimum atomic E-state index is -0.988. The van der Waals surface area contributed by atoms with Crippen LogP contribution in [0.2, 0.25) is 0 Å². The van der Waals surface area contributed by atoms with Gasteiger partial charge in [0.25, 0.3) is 0 Å². The van der Waals surface area contributed by atoms with Crippen LogP contribution in [0.4, 0.5) is 4.79 Å². The fourth-order valence-corrected chi connectivity index (χ4v) is 11.8. The number of ether oxygens (including phenoxy) is 10. The second-order valence-corrected chi connectivity index (χ2v) is 32.1. The van der Waals surface area contributed by atoms with Crippen molar-refractivity contribution in [2.45, 2.75) is 250 Å². The van der Waals surface area contributed by atoms with Crippen LogP contribution in [0, 0.1) is 29.6 Å². The number of rotatable bonds is 15. The summed E-state index contributed by atoms with van der Waals surface area (Å²) in [6.07, 6.45) is 2.98. The van der Waals surface area contributed by atoms with Crippen LogP contribution in [-0.4, -0.2) is 104 Å². The Hall–Kier alpha value is -9.34. The van der Waals surface area contributed by atoms with Crippen molar-refractivity contribution in [2.75, 3.05) is 0 Å². The number of carboxylic acid groups (broad SMARTS) is 1. The number of hydrogen-bond donors (Lipinski definition) is 2. The van der Waals surface area contributed by atoms with Crippen molar-refractivity contribution >= 4 is 86.7 Å². The van der Waals surface area contributed by atoms with Crippen LogP contribution < -0.4 is 33.7 Å². The van der Waals surface area contributed by atoms with Gasteiger partial charge in [-0.05, 0) is 160 Å². The summed E-state index contributed by atoms with van der Waals surface area (Å²) in [7, 11) is 0. The van der Waals surface area contributed by atoms with E-state index in [4.69, 9.17) is 52.5 Å². The Morgan fingerprint density at radius 3 is 1.27 bits per heavy atom. The zero-order valence-corrected chi connectivity index (χ0v) is 64.2. The van der Waals surface area contributed by atoms with Gasteiger partial charge in [0.15, 0.2) is 23.0 Å². The summed E-state index contributed by atoms with van der Waals surface area (Å²) in [6.45, 7) is 41.3. The Kier molecular flexibility index (Phi) is 26.4. The number of ketones is 2. The monoisotopic (exact) mass is 1430 g/mol. The molecule has 0 saturated heterocycles.